The lowest BCUT2D eigenvalue weighted by Crippen LogP contribution is -2.12. The molecule has 0 atom stereocenters. The largest absolute Gasteiger partial charge is 0.455 e. The van der Waals surface area contributed by atoms with Crippen molar-refractivity contribution in [3.05, 3.63) is 47.0 Å². The maximum atomic E-state index is 11.3. The number of nitrogen functional groups attached to an aromatic ring is 1. The van der Waals surface area contributed by atoms with Gasteiger partial charge >= 0.3 is 0 Å². The zero-order chi connectivity index (χ0) is 14.9. The molecule has 0 heterocycles. The number of halogens is 1. The van der Waals surface area contributed by atoms with Gasteiger partial charge in [-0.15, -0.1) is 0 Å². The summed E-state index contributed by atoms with van der Waals surface area (Å²) in [4.78, 5) is -0.0682. The van der Waals surface area contributed by atoms with E-state index in [1.165, 1.54) is 18.2 Å². The molecule has 0 aliphatic heterocycles. The minimum atomic E-state index is -3.81. The van der Waals surface area contributed by atoms with Crippen LogP contribution >= 0.6 is 11.6 Å². The zero-order valence-corrected chi connectivity index (χ0v) is 12.2. The van der Waals surface area contributed by atoms with Gasteiger partial charge in [0.05, 0.1) is 10.6 Å². The second-order valence-electron chi connectivity index (χ2n) is 4.26. The van der Waals surface area contributed by atoms with Crippen molar-refractivity contribution < 1.29 is 13.2 Å². The van der Waals surface area contributed by atoms with Gasteiger partial charge in [0.25, 0.3) is 0 Å². The van der Waals surface area contributed by atoms with Crippen molar-refractivity contribution in [1.82, 2.24) is 0 Å². The molecule has 106 valence electrons. The van der Waals surface area contributed by atoms with Gasteiger partial charge < -0.3 is 10.5 Å². The minimum absolute atomic E-state index is 0.0682. The number of primary sulfonamides is 1. The van der Waals surface area contributed by atoms with Gasteiger partial charge in [-0.2, -0.15) is 0 Å². The lowest BCUT2D eigenvalue weighted by Gasteiger charge is -2.12. The average Bonchev–Trinajstić information content (AvgIpc) is 2.35. The molecule has 20 heavy (non-hydrogen) atoms. The normalized spacial score (nSPS) is 11.3. The monoisotopic (exact) mass is 312 g/mol. The van der Waals surface area contributed by atoms with Gasteiger partial charge in [-0.25, -0.2) is 13.6 Å². The minimum Gasteiger partial charge on any atom is -0.455 e. The van der Waals surface area contributed by atoms with Crippen LogP contribution in [-0.2, 0) is 10.0 Å². The zero-order valence-electron chi connectivity index (χ0n) is 10.6. The first-order valence-electron chi connectivity index (χ1n) is 5.64. The maximum absolute atomic E-state index is 11.3. The third kappa shape index (κ3) is 3.22. The van der Waals surface area contributed by atoms with Crippen LogP contribution in [0.25, 0.3) is 0 Å². The van der Waals surface area contributed by atoms with E-state index in [2.05, 4.69) is 0 Å². The molecule has 4 N–H and O–H groups in total. The molecule has 2 aromatic carbocycles. The van der Waals surface area contributed by atoms with E-state index in [1.807, 2.05) is 6.92 Å². The van der Waals surface area contributed by atoms with Gasteiger partial charge in [0.1, 0.15) is 5.75 Å². The third-order valence-electron chi connectivity index (χ3n) is 2.68. The molecule has 5 nitrogen and oxygen atoms in total. The molecule has 0 saturated carbocycles. The summed E-state index contributed by atoms with van der Waals surface area (Å²) in [7, 11) is -3.81. The van der Waals surface area contributed by atoms with E-state index in [-0.39, 0.29) is 10.6 Å². The number of sulfonamides is 1. The molecule has 2 rings (SSSR count). The highest BCUT2D eigenvalue weighted by Crippen LogP contribution is 2.32. The molecule has 0 fully saturated rings. The lowest BCUT2D eigenvalue weighted by atomic mass is 10.2. The summed E-state index contributed by atoms with van der Waals surface area (Å²) in [6, 6.07) is 9.17. The molecule has 0 spiro atoms. The first kappa shape index (κ1) is 14.6. The summed E-state index contributed by atoms with van der Waals surface area (Å²) in [6.07, 6.45) is 0. The molecule has 7 heteroatoms. The number of hydrogen-bond donors (Lipinski definition) is 2. The van der Waals surface area contributed by atoms with Crippen LogP contribution < -0.4 is 15.6 Å². The summed E-state index contributed by atoms with van der Waals surface area (Å²) >= 11 is 5.90. The highest BCUT2D eigenvalue weighted by atomic mass is 35.5. The van der Waals surface area contributed by atoms with Crippen LogP contribution in [0.5, 0.6) is 11.5 Å². The van der Waals surface area contributed by atoms with Crippen LogP contribution in [-0.4, -0.2) is 8.42 Å². The van der Waals surface area contributed by atoms with Crippen molar-refractivity contribution in [2.75, 3.05) is 5.73 Å². The van der Waals surface area contributed by atoms with Crippen molar-refractivity contribution in [3.8, 4) is 11.5 Å². The van der Waals surface area contributed by atoms with Crippen LogP contribution in [0.2, 0.25) is 5.02 Å². The van der Waals surface area contributed by atoms with Gasteiger partial charge in [-0.1, -0.05) is 17.7 Å². The smallest absolute Gasteiger partial charge is 0.238 e. The van der Waals surface area contributed by atoms with E-state index in [4.69, 9.17) is 27.2 Å². The molecule has 0 saturated heterocycles. The molecule has 0 bridgehead atoms. The van der Waals surface area contributed by atoms with Gasteiger partial charge in [0.15, 0.2) is 5.75 Å². The Kier molecular flexibility index (Phi) is 3.89. The molecule has 0 aliphatic rings. The van der Waals surface area contributed by atoms with Crippen LogP contribution in [0.1, 0.15) is 5.56 Å². The van der Waals surface area contributed by atoms with E-state index in [1.54, 1.807) is 18.2 Å². The van der Waals surface area contributed by atoms with Crippen molar-refractivity contribution in [2.45, 2.75) is 11.8 Å². The van der Waals surface area contributed by atoms with Crippen molar-refractivity contribution >= 4 is 27.3 Å². The van der Waals surface area contributed by atoms with Gasteiger partial charge in [0, 0.05) is 11.1 Å². The second kappa shape index (κ2) is 5.32. The number of anilines is 1. The highest BCUT2D eigenvalue weighted by Gasteiger charge is 2.12. The molecule has 0 aromatic heterocycles. The molecule has 0 radical (unpaired) electrons. The first-order chi connectivity index (χ1) is 9.27. The first-order valence-corrected chi connectivity index (χ1v) is 7.56. The number of rotatable bonds is 3. The number of benzene rings is 2. The SMILES string of the molecule is Cc1ccc(Cl)cc1Oc1cc(S(N)(=O)=O)ccc1N. The highest BCUT2D eigenvalue weighted by molar-refractivity contribution is 7.89. The Hall–Kier alpha value is -1.76. The fourth-order valence-electron chi connectivity index (χ4n) is 1.58. The third-order valence-corrected chi connectivity index (χ3v) is 3.83. The van der Waals surface area contributed by atoms with E-state index >= 15 is 0 Å². The molecule has 0 aliphatic carbocycles. The average molecular weight is 313 g/mol. The van der Waals surface area contributed by atoms with E-state index in [0.717, 1.165) is 5.56 Å². The summed E-state index contributed by atoms with van der Waals surface area (Å²) in [5.41, 5.74) is 6.92. The maximum Gasteiger partial charge on any atom is 0.238 e. The van der Waals surface area contributed by atoms with Crippen molar-refractivity contribution in [1.29, 1.82) is 0 Å². The lowest BCUT2D eigenvalue weighted by molar-refractivity contribution is 0.479. The van der Waals surface area contributed by atoms with E-state index in [9.17, 15) is 8.42 Å². The Labute approximate surface area is 122 Å². The number of ether oxygens (including phenoxy) is 1. The van der Waals surface area contributed by atoms with Crippen LogP contribution in [0.4, 0.5) is 5.69 Å². The summed E-state index contributed by atoms with van der Waals surface area (Å²) < 4.78 is 28.3. The summed E-state index contributed by atoms with van der Waals surface area (Å²) in [5, 5.41) is 5.58. The number of hydrogen-bond acceptors (Lipinski definition) is 4. The number of aryl methyl sites for hydroxylation is 1. The Morgan fingerprint density at radius 1 is 1.10 bits per heavy atom. The predicted octanol–water partition coefficient (Wildman–Crippen LogP) is 2.67. The fraction of sp³-hybridized carbons (Fsp3) is 0.0769. The Morgan fingerprint density at radius 3 is 2.45 bits per heavy atom. The molecular formula is C13H13ClN2O3S. The van der Waals surface area contributed by atoms with Gasteiger partial charge in [0.2, 0.25) is 10.0 Å². The Morgan fingerprint density at radius 2 is 1.80 bits per heavy atom. The van der Waals surface area contributed by atoms with Gasteiger partial charge in [-0.3, -0.25) is 0 Å². The topological polar surface area (TPSA) is 95.4 Å². The second-order valence-corrected chi connectivity index (χ2v) is 6.25. The van der Waals surface area contributed by atoms with Crippen LogP contribution in [0, 0.1) is 6.92 Å². The quantitative estimate of drug-likeness (QED) is 0.852. The predicted molar refractivity (Wildman–Crippen MR) is 78.5 cm³/mol. The Balaban J connectivity index is 2.45. The molecular weight excluding hydrogens is 300 g/mol. The summed E-state index contributed by atoms with van der Waals surface area (Å²) in [6.45, 7) is 1.84. The van der Waals surface area contributed by atoms with Crippen molar-refractivity contribution in [3.63, 3.8) is 0 Å². The number of nitrogens with two attached hydrogens (primary N) is 2. The molecule has 0 amide bonds. The summed E-state index contributed by atoms with van der Waals surface area (Å²) in [5.74, 6) is 0.706. The molecule has 2 aromatic rings. The fourth-order valence-corrected chi connectivity index (χ4v) is 2.27. The van der Waals surface area contributed by atoms with Crippen LogP contribution in [0.3, 0.4) is 0 Å². The van der Waals surface area contributed by atoms with Crippen LogP contribution in [0.15, 0.2) is 41.3 Å². The van der Waals surface area contributed by atoms with Crippen molar-refractivity contribution in [2.24, 2.45) is 5.14 Å². The van der Waals surface area contributed by atoms with Gasteiger partial charge in [-0.05, 0) is 36.8 Å². The molecule has 0 unspecified atom stereocenters. The van der Waals surface area contributed by atoms with E-state index in [0.29, 0.717) is 16.5 Å². The standard InChI is InChI=1S/C13H13ClN2O3S/c1-8-2-3-9(14)6-12(8)19-13-7-10(20(16,17)18)4-5-11(13)15/h2-7H,15H2,1H3,(H2,16,17,18). The Bertz CT molecular complexity index is 760. The van der Waals surface area contributed by atoms with E-state index < -0.39 is 10.0 Å².